The second kappa shape index (κ2) is 9.34. The Morgan fingerprint density at radius 3 is 2.71 bits per heavy atom. The van der Waals surface area contributed by atoms with Gasteiger partial charge < -0.3 is 19.5 Å². The maximum absolute atomic E-state index is 12.3. The van der Waals surface area contributed by atoms with Crippen molar-refractivity contribution in [3.05, 3.63) is 42.7 Å². The van der Waals surface area contributed by atoms with Crippen LogP contribution in [0.2, 0.25) is 0 Å². The molecule has 0 radical (unpaired) electrons. The summed E-state index contributed by atoms with van der Waals surface area (Å²) in [6, 6.07) is 10.6. The predicted molar refractivity (Wildman–Crippen MR) is 88.6 cm³/mol. The maximum Gasteiger partial charge on any atom is 0.260 e. The van der Waals surface area contributed by atoms with Gasteiger partial charge in [0, 0.05) is 12.6 Å². The third kappa shape index (κ3) is 5.75. The van der Waals surface area contributed by atoms with Crippen molar-refractivity contribution in [1.82, 2.24) is 10.1 Å². The summed E-state index contributed by atoms with van der Waals surface area (Å²) < 4.78 is 10.1. The lowest BCUT2D eigenvalue weighted by molar-refractivity contribution is -0.136. The lowest BCUT2D eigenvalue weighted by atomic mass is 10.3. The van der Waals surface area contributed by atoms with E-state index in [0.717, 1.165) is 12.8 Å². The van der Waals surface area contributed by atoms with E-state index >= 15 is 0 Å². The number of para-hydroxylation sites is 1. The molecule has 1 aromatic heterocycles. The fourth-order valence-corrected chi connectivity index (χ4v) is 2.03. The standard InChI is InChI=1S/C17H21N3O4/c1-2-3-10-20(12-16(21)18-15-9-11-24-19-15)17(22)13-23-14-7-5-4-6-8-14/h4-9,11H,2-3,10,12-13H2,1H3,(H,18,19,21). The molecule has 128 valence electrons. The Hall–Kier alpha value is -2.83. The van der Waals surface area contributed by atoms with Crippen molar-refractivity contribution in [3.63, 3.8) is 0 Å². The molecule has 0 spiro atoms. The van der Waals surface area contributed by atoms with Crippen LogP contribution in [0.4, 0.5) is 5.82 Å². The lowest BCUT2D eigenvalue weighted by Gasteiger charge is -2.21. The number of unbranched alkanes of at least 4 members (excludes halogenated alkanes) is 1. The van der Waals surface area contributed by atoms with Crippen molar-refractivity contribution >= 4 is 17.6 Å². The quantitative estimate of drug-likeness (QED) is 0.762. The Labute approximate surface area is 140 Å². The highest BCUT2D eigenvalue weighted by Gasteiger charge is 2.18. The summed E-state index contributed by atoms with van der Waals surface area (Å²) in [7, 11) is 0. The average molecular weight is 331 g/mol. The molecule has 24 heavy (non-hydrogen) atoms. The van der Waals surface area contributed by atoms with E-state index in [1.807, 2.05) is 25.1 Å². The van der Waals surface area contributed by atoms with Gasteiger partial charge in [-0.15, -0.1) is 0 Å². The first-order chi connectivity index (χ1) is 11.7. The zero-order valence-corrected chi connectivity index (χ0v) is 13.6. The van der Waals surface area contributed by atoms with Gasteiger partial charge in [0.05, 0.1) is 0 Å². The molecule has 0 saturated heterocycles. The van der Waals surface area contributed by atoms with Crippen LogP contribution >= 0.6 is 0 Å². The first-order valence-corrected chi connectivity index (χ1v) is 7.85. The monoisotopic (exact) mass is 331 g/mol. The highest BCUT2D eigenvalue weighted by atomic mass is 16.5. The zero-order valence-electron chi connectivity index (χ0n) is 13.6. The Balaban J connectivity index is 1.88. The number of rotatable bonds is 9. The van der Waals surface area contributed by atoms with Crippen LogP contribution in [0.5, 0.6) is 5.75 Å². The molecule has 1 aromatic carbocycles. The summed E-state index contributed by atoms with van der Waals surface area (Å²) in [6.45, 7) is 2.37. The molecule has 2 aromatic rings. The summed E-state index contributed by atoms with van der Waals surface area (Å²) >= 11 is 0. The molecule has 0 atom stereocenters. The molecule has 0 aliphatic carbocycles. The second-order valence-electron chi connectivity index (χ2n) is 5.20. The first-order valence-electron chi connectivity index (χ1n) is 7.85. The molecular formula is C17H21N3O4. The summed E-state index contributed by atoms with van der Waals surface area (Å²) in [4.78, 5) is 25.9. The highest BCUT2D eigenvalue weighted by Crippen LogP contribution is 2.09. The summed E-state index contributed by atoms with van der Waals surface area (Å²) in [6.07, 6.45) is 3.10. The van der Waals surface area contributed by atoms with Crippen LogP contribution in [-0.4, -0.2) is 41.6 Å². The Bertz CT molecular complexity index is 629. The molecule has 0 fully saturated rings. The fraction of sp³-hybridized carbons (Fsp3) is 0.353. The Morgan fingerprint density at radius 1 is 1.25 bits per heavy atom. The minimum absolute atomic E-state index is 0.0517. The molecule has 1 N–H and O–H groups in total. The molecule has 0 bridgehead atoms. The average Bonchev–Trinajstić information content (AvgIpc) is 3.10. The van der Waals surface area contributed by atoms with E-state index in [2.05, 4.69) is 15.0 Å². The van der Waals surface area contributed by atoms with Gasteiger partial charge in [0.1, 0.15) is 18.6 Å². The number of anilines is 1. The van der Waals surface area contributed by atoms with Crippen LogP contribution in [0.1, 0.15) is 19.8 Å². The number of nitrogens with one attached hydrogen (secondary N) is 1. The highest BCUT2D eigenvalue weighted by molar-refractivity contribution is 5.93. The van der Waals surface area contributed by atoms with E-state index in [0.29, 0.717) is 18.1 Å². The number of benzene rings is 1. The van der Waals surface area contributed by atoms with Crippen molar-refractivity contribution in [2.45, 2.75) is 19.8 Å². The van der Waals surface area contributed by atoms with Gasteiger partial charge in [-0.3, -0.25) is 9.59 Å². The molecule has 2 rings (SSSR count). The predicted octanol–water partition coefficient (Wildman–Crippen LogP) is 2.32. The third-order valence-electron chi connectivity index (χ3n) is 3.28. The summed E-state index contributed by atoms with van der Waals surface area (Å²) in [5.74, 6) is 0.382. The van der Waals surface area contributed by atoms with Crippen molar-refractivity contribution in [2.24, 2.45) is 0 Å². The van der Waals surface area contributed by atoms with E-state index in [1.165, 1.54) is 17.2 Å². The lowest BCUT2D eigenvalue weighted by Crippen LogP contribution is -2.41. The summed E-state index contributed by atoms with van der Waals surface area (Å²) in [5.41, 5.74) is 0. The van der Waals surface area contributed by atoms with Crippen molar-refractivity contribution < 1.29 is 18.8 Å². The number of carbonyl (C=O) groups excluding carboxylic acids is 2. The topological polar surface area (TPSA) is 84.7 Å². The number of amides is 2. The van der Waals surface area contributed by atoms with Crippen molar-refractivity contribution in [1.29, 1.82) is 0 Å². The fourth-order valence-electron chi connectivity index (χ4n) is 2.03. The molecule has 0 saturated carbocycles. The number of ether oxygens (including phenoxy) is 1. The number of carbonyl (C=O) groups is 2. The number of aromatic nitrogens is 1. The number of hydrogen-bond acceptors (Lipinski definition) is 5. The normalized spacial score (nSPS) is 10.2. The molecule has 7 heteroatoms. The Morgan fingerprint density at radius 2 is 2.04 bits per heavy atom. The van der Waals surface area contributed by atoms with Crippen molar-refractivity contribution in [3.8, 4) is 5.75 Å². The number of nitrogens with zero attached hydrogens (tertiary/aromatic N) is 2. The van der Waals surface area contributed by atoms with Crippen LogP contribution in [0.15, 0.2) is 47.2 Å². The SMILES string of the molecule is CCCCN(CC(=O)Nc1ccon1)C(=O)COc1ccccc1. The molecule has 0 aliphatic rings. The molecule has 2 amide bonds. The van der Waals surface area contributed by atoms with E-state index in [1.54, 1.807) is 12.1 Å². The minimum atomic E-state index is -0.326. The summed E-state index contributed by atoms with van der Waals surface area (Å²) in [5, 5.41) is 6.19. The van der Waals surface area contributed by atoms with Crippen molar-refractivity contribution in [2.75, 3.05) is 25.0 Å². The van der Waals surface area contributed by atoms with Crippen LogP contribution in [0.3, 0.4) is 0 Å². The van der Waals surface area contributed by atoms with Gasteiger partial charge in [-0.25, -0.2) is 0 Å². The first kappa shape index (κ1) is 17.5. The Kier molecular flexibility index (Phi) is 6.82. The smallest absolute Gasteiger partial charge is 0.260 e. The van der Waals surface area contributed by atoms with Gasteiger partial charge in [-0.05, 0) is 18.6 Å². The largest absolute Gasteiger partial charge is 0.484 e. The van der Waals surface area contributed by atoms with E-state index in [9.17, 15) is 9.59 Å². The van der Waals surface area contributed by atoms with Crippen LogP contribution in [0, 0.1) is 0 Å². The van der Waals surface area contributed by atoms with Gasteiger partial charge in [-0.2, -0.15) is 0 Å². The van der Waals surface area contributed by atoms with Gasteiger partial charge in [0.15, 0.2) is 12.4 Å². The van der Waals surface area contributed by atoms with Gasteiger partial charge in [-0.1, -0.05) is 36.7 Å². The minimum Gasteiger partial charge on any atom is -0.484 e. The van der Waals surface area contributed by atoms with Gasteiger partial charge >= 0.3 is 0 Å². The van der Waals surface area contributed by atoms with E-state index in [-0.39, 0.29) is 25.0 Å². The number of hydrogen-bond donors (Lipinski definition) is 1. The van der Waals surface area contributed by atoms with E-state index < -0.39 is 0 Å². The van der Waals surface area contributed by atoms with Crippen LogP contribution in [-0.2, 0) is 9.59 Å². The molecular weight excluding hydrogens is 310 g/mol. The third-order valence-corrected chi connectivity index (χ3v) is 3.28. The molecule has 0 unspecified atom stereocenters. The van der Waals surface area contributed by atoms with Crippen LogP contribution < -0.4 is 10.1 Å². The second-order valence-corrected chi connectivity index (χ2v) is 5.20. The molecule has 0 aliphatic heterocycles. The van der Waals surface area contributed by atoms with Gasteiger partial charge in [0.25, 0.3) is 5.91 Å². The maximum atomic E-state index is 12.3. The molecule has 1 heterocycles. The van der Waals surface area contributed by atoms with Crippen LogP contribution in [0.25, 0.3) is 0 Å². The van der Waals surface area contributed by atoms with Gasteiger partial charge in [0.2, 0.25) is 5.91 Å². The molecule has 7 nitrogen and oxygen atoms in total. The zero-order chi connectivity index (χ0) is 17.2. The van der Waals surface area contributed by atoms with E-state index in [4.69, 9.17) is 4.74 Å².